The first-order valence-electron chi connectivity index (χ1n) is 17.1. The van der Waals surface area contributed by atoms with Crippen molar-refractivity contribution in [2.24, 2.45) is 5.41 Å². The number of alkyl halides is 1. The highest BCUT2D eigenvalue weighted by Crippen LogP contribution is 2.49. The third-order valence-electron chi connectivity index (χ3n) is 11.2. The quantitative estimate of drug-likeness (QED) is 0.301. The number of nitrogens with zero attached hydrogens (tertiary/aromatic N) is 5. The van der Waals surface area contributed by atoms with Gasteiger partial charge in [0.2, 0.25) is 0 Å². The van der Waals surface area contributed by atoms with Gasteiger partial charge in [-0.25, -0.2) is 13.2 Å². The molecule has 0 radical (unpaired) electrons. The molecule has 48 heavy (non-hydrogen) atoms. The number of piperazine rings is 2. The maximum Gasteiger partial charge on any atom is 0.319 e. The summed E-state index contributed by atoms with van der Waals surface area (Å²) in [6.45, 7) is 3.80. The van der Waals surface area contributed by atoms with Gasteiger partial charge in [-0.05, 0) is 92.6 Å². The van der Waals surface area contributed by atoms with Crippen LogP contribution in [0.4, 0.5) is 19.0 Å². The number of likely N-dealkylation sites (N-methyl/N-ethyl adjacent to an activating group) is 1. The Morgan fingerprint density at radius 1 is 1.06 bits per heavy atom. The van der Waals surface area contributed by atoms with Gasteiger partial charge in [0.25, 0.3) is 0 Å². The first-order valence-corrected chi connectivity index (χ1v) is 17.1. The average molecular weight is 659 g/mol. The van der Waals surface area contributed by atoms with Crippen LogP contribution in [-0.4, -0.2) is 95.4 Å². The van der Waals surface area contributed by atoms with E-state index in [1.807, 2.05) is 0 Å². The molecule has 4 saturated heterocycles. The fraction of sp³-hybridized carbons (Fsp3) is 0.514. The average Bonchev–Trinajstić information content (AvgIpc) is 3.69. The lowest BCUT2D eigenvalue weighted by molar-refractivity contribution is 0.0517. The monoisotopic (exact) mass is 658 g/mol. The minimum Gasteiger partial charge on any atom is -0.508 e. The second-order valence-corrected chi connectivity index (χ2v) is 14.6. The number of fused-ring (bicyclic) bond motifs is 5. The molecule has 8 rings (SSSR count). The van der Waals surface area contributed by atoms with Crippen LogP contribution < -0.4 is 15.0 Å². The number of benzene rings is 2. The lowest BCUT2D eigenvalue weighted by atomic mass is 9.93. The van der Waals surface area contributed by atoms with Crippen molar-refractivity contribution in [3.8, 4) is 35.2 Å². The number of ether oxygens (including phenoxy) is 1. The van der Waals surface area contributed by atoms with Gasteiger partial charge in [0.05, 0.1) is 12.2 Å². The molecule has 252 valence electrons. The molecule has 1 aliphatic carbocycles. The van der Waals surface area contributed by atoms with Crippen molar-refractivity contribution in [1.82, 2.24) is 25.1 Å². The largest absolute Gasteiger partial charge is 0.508 e. The van der Waals surface area contributed by atoms with Crippen LogP contribution >= 0.6 is 0 Å². The van der Waals surface area contributed by atoms with Crippen LogP contribution in [0.3, 0.4) is 0 Å². The van der Waals surface area contributed by atoms with Crippen molar-refractivity contribution in [3.63, 3.8) is 0 Å². The van der Waals surface area contributed by atoms with Crippen molar-refractivity contribution >= 4 is 22.8 Å². The van der Waals surface area contributed by atoms with Gasteiger partial charge in [-0.3, -0.25) is 4.90 Å². The number of allylic oxidation sites excluding steroid dienone is 1. The fourth-order valence-corrected chi connectivity index (χ4v) is 8.61. The topological polar surface area (TPSA) is 77.0 Å². The van der Waals surface area contributed by atoms with E-state index in [0.29, 0.717) is 37.6 Å². The van der Waals surface area contributed by atoms with E-state index in [1.165, 1.54) is 43.2 Å². The van der Waals surface area contributed by atoms with Gasteiger partial charge in [-0.2, -0.15) is 9.97 Å². The number of halogens is 3. The first kappa shape index (κ1) is 31.4. The molecule has 0 spiro atoms. The first-order chi connectivity index (χ1) is 23.2. The number of hydrogen-bond donors (Lipinski definition) is 2. The van der Waals surface area contributed by atoms with Crippen molar-refractivity contribution in [2.75, 3.05) is 51.3 Å². The number of aromatic hydroxyl groups is 1. The zero-order chi connectivity index (χ0) is 33.2. The standard InChI is InChI=1S/C37H41F3N6O2/c1-3-4-5-22-12-27(47)13-28(30(22)15-38)32-31(39)14-29-34(33(32)40)42-36(43-35(29)45-16-23-6-7-24(17-45)41-23)48-21-37(10-11-37)20-46-25-8-9-26(46)19-44(2)18-25/h1,4-5,12-14,23-26,41,47H,6-11,15-21H2,2H3/b5-4-. The second kappa shape index (κ2) is 12.2. The van der Waals surface area contributed by atoms with Crippen molar-refractivity contribution in [2.45, 2.75) is 69.4 Å². The normalized spacial score (nSPS) is 26.4. The van der Waals surface area contributed by atoms with Gasteiger partial charge in [0.15, 0.2) is 5.82 Å². The Morgan fingerprint density at radius 3 is 2.46 bits per heavy atom. The van der Waals surface area contributed by atoms with E-state index < -0.39 is 23.9 Å². The van der Waals surface area contributed by atoms with E-state index in [1.54, 1.807) is 0 Å². The molecule has 5 aliphatic rings. The highest BCUT2D eigenvalue weighted by molar-refractivity contribution is 5.94. The molecule has 5 fully saturated rings. The predicted molar refractivity (Wildman–Crippen MR) is 180 cm³/mol. The van der Waals surface area contributed by atoms with E-state index in [-0.39, 0.29) is 56.9 Å². The predicted octanol–water partition coefficient (Wildman–Crippen LogP) is 5.27. The molecular formula is C37H41F3N6O2. The molecule has 1 aromatic heterocycles. The summed E-state index contributed by atoms with van der Waals surface area (Å²) in [4.78, 5) is 16.5. The molecule has 4 bridgehead atoms. The molecule has 4 aliphatic heterocycles. The Labute approximate surface area is 279 Å². The molecule has 1 saturated carbocycles. The minimum absolute atomic E-state index is 0.00418. The SMILES string of the molecule is C#C/C=C\c1cc(O)cc(-c2c(F)cc3c(N4CC5CCC(C4)N5)nc(OCC4(CN5C6CCC5CN(C)C6)CC4)nc3c2F)c1CF. The van der Waals surface area contributed by atoms with E-state index >= 15 is 8.78 Å². The molecule has 4 atom stereocenters. The lowest BCUT2D eigenvalue weighted by Gasteiger charge is -2.41. The Hall–Kier alpha value is -3.85. The summed E-state index contributed by atoms with van der Waals surface area (Å²) in [6.07, 6.45) is 14.7. The Morgan fingerprint density at radius 2 is 1.79 bits per heavy atom. The van der Waals surface area contributed by atoms with Crippen LogP contribution in [0.2, 0.25) is 0 Å². The van der Waals surface area contributed by atoms with Crippen LogP contribution in [0, 0.1) is 29.4 Å². The molecule has 2 aromatic carbocycles. The summed E-state index contributed by atoms with van der Waals surface area (Å²) < 4.78 is 53.8. The van der Waals surface area contributed by atoms with Crippen molar-refractivity contribution in [3.05, 3.63) is 47.0 Å². The number of rotatable bonds is 9. The summed E-state index contributed by atoms with van der Waals surface area (Å²) in [5, 5.41) is 14.3. The molecule has 2 N–H and O–H groups in total. The Balaban J connectivity index is 1.18. The second-order valence-electron chi connectivity index (χ2n) is 14.6. The maximum absolute atomic E-state index is 16.8. The summed E-state index contributed by atoms with van der Waals surface area (Å²) in [5.74, 6) is 0.625. The molecule has 8 nitrogen and oxygen atoms in total. The highest BCUT2D eigenvalue weighted by Gasteiger charge is 2.50. The third-order valence-corrected chi connectivity index (χ3v) is 11.2. The molecule has 3 aromatic rings. The summed E-state index contributed by atoms with van der Waals surface area (Å²) >= 11 is 0. The number of nitrogens with one attached hydrogen (secondary N) is 1. The van der Waals surface area contributed by atoms with Crippen LogP contribution in [0.1, 0.15) is 49.7 Å². The van der Waals surface area contributed by atoms with Crippen molar-refractivity contribution in [1.29, 1.82) is 0 Å². The molecule has 11 heteroatoms. The number of hydrogen-bond acceptors (Lipinski definition) is 8. The number of phenols is 1. The van der Waals surface area contributed by atoms with Crippen LogP contribution in [0.15, 0.2) is 24.3 Å². The highest BCUT2D eigenvalue weighted by atomic mass is 19.1. The minimum atomic E-state index is -1.03. The number of likely N-dealkylation sites (tertiary alicyclic amines) is 1. The van der Waals surface area contributed by atoms with Gasteiger partial charge in [-0.15, -0.1) is 6.42 Å². The van der Waals surface area contributed by atoms with Crippen LogP contribution in [0.25, 0.3) is 28.1 Å². The lowest BCUT2D eigenvalue weighted by Crippen LogP contribution is -2.54. The van der Waals surface area contributed by atoms with E-state index in [0.717, 1.165) is 45.3 Å². The van der Waals surface area contributed by atoms with Crippen LogP contribution in [-0.2, 0) is 6.67 Å². The van der Waals surface area contributed by atoms with E-state index in [2.05, 4.69) is 38.0 Å². The zero-order valence-electron chi connectivity index (χ0n) is 27.2. The Bertz CT molecular complexity index is 1800. The van der Waals surface area contributed by atoms with Gasteiger partial charge >= 0.3 is 6.01 Å². The van der Waals surface area contributed by atoms with E-state index in [9.17, 15) is 9.50 Å². The fourth-order valence-electron chi connectivity index (χ4n) is 8.61. The number of aromatic nitrogens is 2. The molecule has 4 unspecified atom stereocenters. The van der Waals surface area contributed by atoms with Crippen LogP contribution in [0.5, 0.6) is 11.8 Å². The molecular weight excluding hydrogens is 617 g/mol. The number of phenolic OH excluding ortho intramolecular Hbond substituents is 1. The third kappa shape index (κ3) is 5.67. The smallest absolute Gasteiger partial charge is 0.319 e. The van der Waals surface area contributed by atoms with Gasteiger partial charge in [0, 0.05) is 67.7 Å². The van der Waals surface area contributed by atoms with Crippen molar-refractivity contribution < 1.29 is 23.0 Å². The van der Waals surface area contributed by atoms with Gasteiger partial charge in [0.1, 0.15) is 29.6 Å². The summed E-state index contributed by atoms with van der Waals surface area (Å²) in [7, 11) is 2.20. The maximum atomic E-state index is 16.8. The number of terminal acetylenes is 1. The zero-order valence-corrected chi connectivity index (χ0v) is 27.2. The van der Waals surface area contributed by atoms with E-state index in [4.69, 9.17) is 16.1 Å². The van der Waals surface area contributed by atoms with Gasteiger partial charge < -0.3 is 25.0 Å². The summed E-state index contributed by atoms with van der Waals surface area (Å²) in [6, 6.07) is 5.41. The molecule has 0 amide bonds. The van der Waals surface area contributed by atoms with Gasteiger partial charge in [-0.1, -0.05) is 5.92 Å². The Kier molecular flexibility index (Phi) is 8.01. The summed E-state index contributed by atoms with van der Waals surface area (Å²) in [5.41, 5.74) is -0.441. The number of anilines is 1. The molecule has 5 heterocycles.